The number of carbonyl (C=O) groups is 4. The van der Waals surface area contributed by atoms with Crippen molar-refractivity contribution in [3.63, 3.8) is 0 Å². The molecule has 362 valence electrons. The molecule has 6 aromatic rings. The number of thiazole rings is 1. The minimum atomic E-state index is -2.79. The van der Waals surface area contributed by atoms with Crippen LogP contribution in [0.2, 0.25) is 0 Å². The molecule has 17 nitrogen and oxygen atoms in total. The van der Waals surface area contributed by atoms with E-state index in [0.717, 1.165) is 21.7 Å². The van der Waals surface area contributed by atoms with Gasteiger partial charge >= 0.3 is 0 Å². The van der Waals surface area contributed by atoms with Crippen LogP contribution < -0.4 is 10.6 Å². The number of halogens is 2. The number of aryl methyl sites for hydroxylation is 1. The summed E-state index contributed by atoms with van der Waals surface area (Å²) in [6.45, 7) is 7.85. The van der Waals surface area contributed by atoms with Crippen molar-refractivity contribution in [1.82, 2.24) is 49.9 Å². The van der Waals surface area contributed by atoms with Gasteiger partial charge in [-0.3, -0.25) is 33.6 Å². The number of aliphatic hydroxyl groups excluding tert-OH is 1. The highest BCUT2D eigenvalue weighted by molar-refractivity contribution is 7.13. The first-order valence-electron chi connectivity index (χ1n) is 23.4. The van der Waals surface area contributed by atoms with Crippen LogP contribution in [-0.4, -0.2) is 111 Å². The number of aliphatic hydroxyl groups is 1. The van der Waals surface area contributed by atoms with Gasteiger partial charge in [0.2, 0.25) is 17.7 Å². The van der Waals surface area contributed by atoms with Crippen LogP contribution in [0.1, 0.15) is 96.0 Å². The Morgan fingerprint density at radius 1 is 1.03 bits per heavy atom. The minimum absolute atomic E-state index is 0.00484. The van der Waals surface area contributed by atoms with E-state index < -0.39 is 59.2 Å². The number of hydrogen-bond donors (Lipinski definition) is 4. The van der Waals surface area contributed by atoms with Crippen LogP contribution in [0.3, 0.4) is 0 Å². The van der Waals surface area contributed by atoms with Crippen molar-refractivity contribution >= 4 is 40.7 Å². The van der Waals surface area contributed by atoms with Crippen molar-refractivity contribution in [1.29, 1.82) is 5.26 Å². The van der Waals surface area contributed by atoms with Crippen LogP contribution in [0.5, 0.6) is 0 Å². The maximum atomic E-state index is 14.6. The van der Waals surface area contributed by atoms with E-state index in [9.17, 15) is 38.3 Å². The highest BCUT2D eigenvalue weighted by Gasteiger charge is 2.78. The van der Waals surface area contributed by atoms with Crippen molar-refractivity contribution in [2.45, 2.75) is 89.6 Å². The summed E-state index contributed by atoms with van der Waals surface area (Å²) >= 11 is 1.51. The fourth-order valence-electron chi connectivity index (χ4n) is 10.7. The van der Waals surface area contributed by atoms with Crippen LogP contribution in [0.25, 0.3) is 10.4 Å². The Labute approximate surface area is 405 Å². The summed E-state index contributed by atoms with van der Waals surface area (Å²) in [6, 6.07) is 17.8. The summed E-state index contributed by atoms with van der Waals surface area (Å²) in [5, 5.41) is 42.2. The van der Waals surface area contributed by atoms with Crippen molar-refractivity contribution in [2.75, 3.05) is 25.0 Å². The number of alkyl halides is 2. The van der Waals surface area contributed by atoms with Crippen molar-refractivity contribution in [3.8, 4) is 16.5 Å². The van der Waals surface area contributed by atoms with Gasteiger partial charge in [0.25, 0.3) is 11.8 Å². The Morgan fingerprint density at radius 3 is 2.47 bits per heavy atom. The van der Waals surface area contributed by atoms with Gasteiger partial charge in [0.05, 0.1) is 52.6 Å². The molecule has 4 aliphatic rings. The number of H-pyrrole nitrogens is 1. The normalized spacial score (nSPS) is 22.6. The number of nitrogens with zero attached hydrogens (tertiary/aromatic N) is 9. The highest BCUT2D eigenvalue weighted by Crippen LogP contribution is 2.70. The number of nitrogens with one attached hydrogen (secondary N) is 3. The molecule has 7 atom stereocenters. The topological polar surface area (TPSA) is 220 Å². The van der Waals surface area contributed by atoms with Crippen LogP contribution >= 0.6 is 11.3 Å². The lowest BCUT2D eigenvalue weighted by atomic mass is 9.86. The zero-order valence-corrected chi connectivity index (χ0v) is 39.7. The van der Waals surface area contributed by atoms with E-state index in [2.05, 4.69) is 36.0 Å². The lowest BCUT2D eigenvalue weighted by Crippen LogP contribution is -2.54. The zero-order chi connectivity index (χ0) is 49.2. The molecule has 0 bridgehead atoms. The SMILES string of the molecule is Cc1ncsc1-c1ccc(C(CC(=O)N2CC(C(c3ccccc3)n3cc(NC(=O)c4n[nH]c5c4C[C@H]4C(F)(F)[C@@]4(C)C5)cn3)C2)NC(=O)[C@@H]2C[C@@H](O)CN2C(=O)C(C(C)C)n2ccc(C#N)n2)cc1. The minimum Gasteiger partial charge on any atom is -0.391 e. The number of hydrogen-bond acceptors (Lipinski definition) is 11. The highest BCUT2D eigenvalue weighted by atomic mass is 32.1. The number of aromatic nitrogens is 7. The van der Waals surface area contributed by atoms with Crippen molar-refractivity contribution in [2.24, 2.45) is 23.2 Å². The first-order chi connectivity index (χ1) is 33.5. The Hall–Kier alpha value is -7.11. The van der Waals surface area contributed by atoms with E-state index in [1.807, 2.05) is 81.4 Å². The molecule has 3 fully saturated rings. The number of carbonyl (C=O) groups excluding carboxylic acids is 4. The van der Waals surface area contributed by atoms with E-state index in [1.54, 1.807) is 34.4 Å². The fraction of sp³-hybridized carbons (Fsp3) is 0.420. The molecule has 4 aromatic heterocycles. The molecule has 2 aliphatic heterocycles. The molecule has 20 heteroatoms. The van der Waals surface area contributed by atoms with Gasteiger partial charge in [0.15, 0.2) is 11.4 Å². The van der Waals surface area contributed by atoms with E-state index in [-0.39, 0.29) is 67.4 Å². The van der Waals surface area contributed by atoms with E-state index in [1.165, 1.54) is 33.2 Å². The second kappa shape index (κ2) is 18.0. The number of nitriles is 1. The van der Waals surface area contributed by atoms with Gasteiger partial charge < -0.3 is 25.5 Å². The third-order valence-electron chi connectivity index (χ3n) is 14.8. The molecule has 2 aliphatic carbocycles. The molecular formula is C50H52F2N12O5S. The number of amides is 4. The number of β-amino-alcohol motifs (C(OH)–C–C–N with tert-alkyl or cyclic N) is 1. The second-order valence-electron chi connectivity index (χ2n) is 19.6. The number of benzene rings is 2. The average molecular weight is 971 g/mol. The third kappa shape index (κ3) is 8.33. The largest absolute Gasteiger partial charge is 0.391 e. The zero-order valence-electron chi connectivity index (χ0n) is 38.9. The molecule has 4 amide bonds. The van der Waals surface area contributed by atoms with Gasteiger partial charge in [-0.25, -0.2) is 13.8 Å². The monoisotopic (exact) mass is 970 g/mol. The van der Waals surface area contributed by atoms with E-state index >= 15 is 0 Å². The molecule has 6 heterocycles. The second-order valence-corrected chi connectivity index (χ2v) is 20.5. The molecule has 10 rings (SSSR count). The summed E-state index contributed by atoms with van der Waals surface area (Å²) in [7, 11) is 0. The number of likely N-dealkylation sites (tertiary alicyclic amines) is 2. The van der Waals surface area contributed by atoms with Gasteiger partial charge in [0, 0.05) is 73.4 Å². The first kappa shape index (κ1) is 46.6. The lowest BCUT2D eigenvalue weighted by molar-refractivity contribution is -0.143. The molecule has 2 aromatic carbocycles. The molecule has 4 N–H and O–H groups in total. The number of aromatic amines is 1. The summed E-state index contributed by atoms with van der Waals surface area (Å²) in [4.78, 5) is 65.0. The maximum absolute atomic E-state index is 14.6. The standard InChI is InChI=1S/C50H52F2N12O5S/c1-27(2)43(63-15-14-33(20-53)60-63)48(69)62-25-35(65)16-39(62)46(67)57-37(29-10-12-31(13-11-29)45-28(3)54-26-70-45)18-41(66)61-22-32(23-61)44(30-8-6-5-7-9-30)64-24-34(21-55-64)56-47(68)42-36-17-40-49(4,50(40,51)52)19-38(36)58-59-42/h5-15,21,24,26-27,32,35,37,39-40,43-44,65H,16-19,22-23,25H2,1-4H3,(H,56,68)(H,57,67)(H,58,59)/t35-,37?,39+,40-,43?,44?,49+/m1/s1. The Bertz CT molecular complexity index is 3010. The van der Waals surface area contributed by atoms with Gasteiger partial charge in [-0.2, -0.15) is 20.6 Å². The first-order valence-corrected chi connectivity index (χ1v) is 24.3. The molecule has 2 saturated heterocycles. The van der Waals surface area contributed by atoms with Crippen LogP contribution in [-0.2, 0) is 27.2 Å². The van der Waals surface area contributed by atoms with Crippen LogP contribution in [0, 0.1) is 41.4 Å². The van der Waals surface area contributed by atoms with Crippen molar-refractivity contribution in [3.05, 3.63) is 124 Å². The Kier molecular flexibility index (Phi) is 12.0. The lowest BCUT2D eigenvalue weighted by Gasteiger charge is -2.44. The molecular weight excluding hydrogens is 919 g/mol. The summed E-state index contributed by atoms with van der Waals surface area (Å²) in [6.07, 6.45) is 3.93. The van der Waals surface area contributed by atoms with Gasteiger partial charge in [-0.05, 0) is 42.0 Å². The van der Waals surface area contributed by atoms with Crippen molar-refractivity contribution < 1.29 is 33.1 Å². The van der Waals surface area contributed by atoms with E-state index in [0.29, 0.717) is 35.6 Å². The number of fused-ring (bicyclic) bond motifs is 2. The average Bonchev–Trinajstić information content (AvgIpc) is 4.12. The summed E-state index contributed by atoms with van der Waals surface area (Å²) in [5.74, 6) is -5.64. The number of anilines is 1. The maximum Gasteiger partial charge on any atom is 0.276 e. The van der Waals surface area contributed by atoms with E-state index in [4.69, 9.17) is 0 Å². The van der Waals surface area contributed by atoms with Gasteiger partial charge in [-0.1, -0.05) is 75.4 Å². The Balaban J connectivity index is 0.850. The predicted octanol–water partition coefficient (Wildman–Crippen LogP) is 5.88. The molecule has 0 spiro atoms. The smallest absolute Gasteiger partial charge is 0.276 e. The molecule has 3 unspecified atom stereocenters. The number of rotatable bonds is 14. The van der Waals surface area contributed by atoms with Crippen LogP contribution in [0.4, 0.5) is 14.5 Å². The molecule has 70 heavy (non-hydrogen) atoms. The fourth-order valence-corrected chi connectivity index (χ4v) is 11.6. The summed E-state index contributed by atoms with van der Waals surface area (Å²) < 4.78 is 32.4. The van der Waals surface area contributed by atoms with Crippen LogP contribution in [0.15, 0.2) is 84.8 Å². The molecule has 0 radical (unpaired) electrons. The predicted molar refractivity (Wildman–Crippen MR) is 252 cm³/mol. The van der Waals surface area contributed by atoms with Gasteiger partial charge in [-0.15, -0.1) is 11.3 Å². The summed E-state index contributed by atoms with van der Waals surface area (Å²) in [5.41, 5.74) is 5.79. The Morgan fingerprint density at radius 2 is 1.79 bits per heavy atom. The van der Waals surface area contributed by atoms with Gasteiger partial charge in [0.1, 0.15) is 18.2 Å². The molecule has 1 saturated carbocycles. The third-order valence-corrected chi connectivity index (χ3v) is 15.8. The quantitative estimate of drug-likeness (QED) is 0.102.